The molecule has 2 rings (SSSR count). The maximum atomic E-state index is 13.4. The van der Waals surface area contributed by atoms with Crippen LogP contribution in [0.4, 0.5) is 4.39 Å². The van der Waals surface area contributed by atoms with Crippen LogP contribution in [0.15, 0.2) is 24.4 Å². The fourth-order valence-electron chi connectivity index (χ4n) is 1.66. The highest BCUT2D eigenvalue weighted by atomic mass is 28.3. The second kappa shape index (κ2) is 5.20. The Balaban J connectivity index is 1.94. The summed E-state index contributed by atoms with van der Waals surface area (Å²) in [5.41, 5.74) is 0.409. The first-order valence-corrected chi connectivity index (χ1v) is 9.86. The van der Waals surface area contributed by atoms with Crippen LogP contribution in [-0.2, 0) is 11.5 Å². The molecule has 0 fully saturated rings. The van der Waals surface area contributed by atoms with Gasteiger partial charge in [-0.05, 0) is 12.1 Å². The predicted molar refractivity (Wildman–Crippen MR) is 73.8 cm³/mol. The van der Waals surface area contributed by atoms with E-state index in [1.807, 2.05) is 12.3 Å². The fourth-order valence-corrected chi connectivity index (χ4v) is 2.42. The molecule has 0 radical (unpaired) electrons. The number of hydrogen-bond acceptors (Lipinski definition) is 2. The van der Waals surface area contributed by atoms with Crippen LogP contribution in [0, 0.1) is 5.82 Å². The van der Waals surface area contributed by atoms with Gasteiger partial charge in [-0.1, -0.05) is 31.8 Å². The molecule has 0 bridgehead atoms. The molecule has 98 valence electrons. The van der Waals surface area contributed by atoms with E-state index in [-0.39, 0.29) is 5.82 Å². The average Bonchev–Trinajstić information content (AvgIpc) is 2.68. The van der Waals surface area contributed by atoms with Gasteiger partial charge < -0.3 is 4.74 Å². The van der Waals surface area contributed by atoms with Gasteiger partial charge in [-0.15, -0.1) is 0 Å². The van der Waals surface area contributed by atoms with Gasteiger partial charge in [0.2, 0.25) is 0 Å². The number of fused-ring (bicyclic) bond motifs is 1. The molecule has 0 saturated carbocycles. The highest BCUT2D eigenvalue weighted by molar-refractivity contribution is 6.76. The molecule has 0 amide bonds. The summed E-state index contributed by atoms with van der Waals surface area (Å²) in [4.78, 5) is 0. The number of rotatable bonds is 5. The van der Waals surface area contributed by atoms with E-state index < -0.39 is 8.07 Å². The lowest BCUT2D eigenvalue weighted by Gasteiger charge is -2.15. The monoisotopic (exact) mass is 266 g/mol. The smallest absolute Gasteiger partial charge is 0.151 e. The molecule has 0 aliphatic carbocycles. The Kier molecular flexibility index (Phi) is 3.82. The van der Waals surface area contributed by atoms with Crippen LogP contribution >= 0.6 is 0 Å². The summed E-state index contributed by atoms with van der Waals surface area (Å²) < 4.78 is 20.7. The normalized spacial score (nSPS) is 12.2. The van der Waals surface area contributed by atoms with Crippen LogP contribution in [0.2, 0.25) is 25.7 Å². The molecular formula is C13H19FN2OSi. The summed E-state index contributed by atoms with van der Waals surface area (Å²) in [5.74, 6) is -0.284. The molecule has 5 heteroatoms. The van der Waals surface area contributed by atoms with E-state index in [0.29, 0.717) is 12.2 Å². The standard InChI is InChI=1S/C13H19FN2OSi/c1-18(2,3)8-7-17-10-16-9-11-5-4-6-12(14)13(11)15-16/h4-6,9H,7-8,10H2,1-3H3. The molecule has 2 aromatic rings. The summed E-state index contributed by atoms with van der Waals surface area (Å²) >= 11 is 0. The number of hydrogen-bond donors (Lipinski definition) is 0. The zero-order chi connectivity index (χ0) is 13.2. The lowest BCUT2D eigenvalue weighted by atomic mass is 10.2. The van der Waals surface area contributed by atoms with E-state index in [9.17, 15) is 4.39 Å². The second-order valence-corrected chi connectivity index (χ2v) is 11.3. The zero-order valence-corrected chi connectivity index (χ0v) is 12.1. The van der Waals surface area contributed by atoms with Crippen LogP contribution in [0.1, 0.15) is 0 Å². The van der Waals surface area contributed by atoms with Crippen molar-refractivity contribution < 1.29 is 9.13 Å². The highest BCUT2D eigenvalue weighted by Gasteiger charge is 2.12. The Morgan fingerprint density at radius 2 is 2.11 bits per heavy atom. The molecule has 0 spiro atoms. The fraction of sp³-hybridized carbons (Fsp3) is 0.462. The van der Waals surface area contributed by atoms with Crippen LogP contribution < -0.4 is 0 Å². The summed E-state index contributed by atoms with van der Waals surface area (Å²) in [6, 6.07) is 6.09. The van der Waals surface area contributed by atoms with Crippen LogP contribution in [0.25, 0.3) is 10.9 Å². The first-order chi connectivity index (χ1) is 8.46. The van der Waals surface area contributed by atoms with E-state index in [2.05, 4.69) is 24.7 Å². The van der Waals surface area contributed by atoms with Crippen molar-refractivity contribution >= 4 is 19.0 Å². The number of nitrogens with zero attached hydrogens (tertiary/aromatic N) is 2. The highest BCUT2D eigenvalue weighted by Crippen LogP contribution is 2.15. The topological polar surface area (TPSA) is 27.1 Å². The van der Waals surface area contributed by atoms with Gasteiger partial charge in [0.05, 0.1) is 0 Å². The van der Waals surface area contributed by atoms with Crippen molar-refractivity contribution in [1.29, 1.82) is 0 Å². The quantitative estimate of drug-likeness (QED) is 0.612. The van der Waals surface area contributed by atoms with Gasteiger partial charge in [-0.25, -0.2) is 9.07 Å². The third kappa shape index (κ3) is 3.40. The number of halogens is 1. The summed E-state index contributed by atoms with van der Waals surface area (Å²) in [5, 5.41) is 4.98. The molecular weight excluding hydrogens is 247 g/mol. The Morgan fingerprint density at radius 3 is 2.78 bits per heavy atom. The van der Waals surface area contributed by atoms with Crippen molar-refractivity contribution in [1.82, 2.24) is 9.78 Å². The Bertz CT molecular complexity index is 533. The molecule has 0 unspecified atom stereocenters. The lowest BCUT2D eigenvalue weighted by Crippen LogP contribution is -2.22. The van der Waals surface area contributed by atoms with Crippen molar-refractivity contribution in [3.05, 3.63) is 30.2 Å². The van der Waals surface area contributed by atoms with Gasteiger partial charge in [0.15, 0.2) is 5.82 Å². The molecule has 1 aromatic carbocycles. The van der Waals surface area contributed by atoms with Crippen molar-refractivity contribution in [2.45, 2.75) is 32.4 Å². The minimum Gasteiger partial charge on any atom is -0.360 e. The van der Waals surface area contributed by atoms with Crippen molar-refractivity contribution in [2.75, 3.05) is 6.61 Å². The van der Waals surface area contributed by atoms with Crippen molar-refractivity contribution in [3.63, 3.8) is 0 Å². The molecule has 0 N–H and O–H groups in total. The maximum absolute atomic E-state index is 13.4. The number of benzene rings is 1. The molecule has 3 nitrogen and oxygen atoms in total. The van der Waals surface area contributed by atoms with E-state index >= 15 is 0 Å². The molecule has 0 saturated heterocycles. The maximum Gasteiger partial charge on any atom is 0.151 e. The van der Waals surface area contributed by atoms with Gasteiger partial charge in [-0.2, -0.15) is 5.10 Å². The summed E-state index contributed by atoms with van der Waals surface area (Å²) in [6.07, 6.45) is 1.81. The number of ether oxygens (including phenoxy) is 1. The number of aromatic nitrogens is 2. The molecule has 1 aromatic heterocycles. The van der Waals surface area contributed by atoms with Crippen molar-refractivity contribution in [2.24, 2.45) is 0 Å². The summed E-state index contributed by atoms with van der Waals surface area (Å²) in [6.45, 7) is 8.07. The molecule has 18 heavy (non-hydrogen) atoms. The SMILES string of the molecule is C[Si](C)(C)CCOCn1cc2cccc(F)c2n1. The van der Waals surface area contributed by atoms with E-state index in [0.717, 1.165) is 18.0 Å². The molecule has 0 aliphatic rings. The Morgan fingerprint density at radius 1 is 1.33 bits per heavy atom. The van der Waals surface area contributed by atoms with E-state index in [1.54, 1.807) is 10.7 Å². The van der Waals surface area contributed by atoms with Gasteiger partial charge in [0, 0.05) is 26.3 Å². The van der Waals surface area contributed by atoms with Gasteiger partial charge in [0.1, 0.15) is 12.2 Å². The van der Waals surface area contributed by atoms with Crippen LogP contribution in [-0.4, -0.2) is 24.5 Å². The second-order valence-electron chi connectivity index (χ2n) is 5.69. The van der Waals surface area contributed by atoms with Gasteiger partial charge in [0.25, 0.3) is 0 Å². The third-order valence-corrected chi connectivity index (χ3v) is 4.46. The third-order valence-electron chi connectivity index (χ3n) is 2.75. The average molecular weight is 266 g/mol. The molecule has 0 atom stereocenters. The van der Waals surface area contributed by atoms with Crippen LogP contribution in [0.3, 0.4) is 0 Å². The Hall–Kier alpha value is -1.20. The Labute approximate surface area is 108 Å². The van der Waals surface area contributed by atoms with Crippen molar-refractivity contribution in [3.8, 4) is 0 Å². The van der Waals surface area contributed by atoms with Crippen LogP contribution in [0.5, 0.6) is 0 Å². The summed E-state index contributed by atoms with van der Waals surface area (Å²) in [7, 11) is -1.05. The minimum absolute atomic E-state index is 0.284. The van der Waals surface area contributed by atoms with E-state index in [4.69, 9.17) is 4.74 Å². The van der Waals surface area contributed by atoms with Gasteiger partial charge >= 0.3 is 0 Å². The van der Waals surface area contributed by atoms with Gasteiger partial charge in [-0.3, -0.25) is 0 Å². The minimum atomic E-state index is -1.05. The zero-order valence-electron chi connectivity index (χ0n) is 11.1. The largest absolute Gasteiger partial charge is 0.360 e. The lowest BCUT2D eigenvalue weighted by molar-refractivity contribution is 0.0790. The first kappa shape index (κ1) is 13.2. The molecule has 0 aliphatic heterocycles. The van der Waals surface area contributed by atoms with E-state index in [1.165, 1.54) is 6.07 Å². The first-order valence-electron chi connectivity index (χ1n) is 6.15. The predicted octanol–water partition coefficient (Wildman–Crippen LogP) is 3.49. The molecule has 1 heterocycles.